The second-order valence-electron chi connectivity index (χ2n) is 10.0. The molecule has 3 amide bonds. The number of urea groups is 1. The van der Waals surface area contributed by atoms with Crippen LogP contribution in [0.15, 0.2) is 60.7 Å². The molecule has 0 aromatic heterocycles. The Labute approximate surface area is 242 Å². The minimum Gasteiger partial charge on any atom is -0.495 e. The minimum absolute atomic E-state index is 0.178. The van der Waals surface area contributed by atoms with E-state index in [4.69, 9.17) is 9.47 Å². The maximum atomic E-state index is 13.4. The Kier molecular flexibility index (Phi) is 10.5. The van der Waals surface area contributed by atoms with Gasteiger partial charge in [-0.15, -0.1) is 0 Å². The molecule has 0 aliphatic carbocycles. The first kappa shape index (κ1) is 29.7. The fourth-order valence-electron chi connectivity index (χ4n) is 5.05. The smallest absolute Gasteiger partial charge is 0.323 e. The molecule has 0 radical (unpaired) electrons. The molecule has 1 saturated heterocycles. The van der Waals surface area contributed by atoms with E-state index in [0.717, 1.165) is 66.5 Å². The van der Waals surface area contributed by atoms with Gasteiger partial charge in [-0.2, -0.15) is 0 Å². The highest BCUT2D eigenvalue weighted by atomic mass is 16.5. The normalized spacial score (nSPS) is 13.1. The lowest BCUT2D eigenvalue weighted by Crippen LogP contribution is -2.47. The lowest BCUT2D eigenvalue weighted by atomic mass is 10.1. The van der Waals surface area contributed by atoms with Crippen molar-refractivity contribution in [2.75, 3.05) is 73.5 Å². The number of benzene rings is 3. The molecule has 9 heteroatoms. The van der Waals surface area contributed by atoms with Gasteiger partial charge in [-0.25, -0.2) is 4.79 Å². The molecule has 41 heavy (non-hydrogen) atoms. The molecule has 4 rings (SSSR count). The molecule has 1 heterocycles. The Morgan fingerprint density at radius 3 is 2.22 bits per heavy atom. The number of hydrogen-bond donors (Lipinski definition) is 3. The third kappa shape index (κ3) is 7.70. The summed E-state index contributed by atoms with van der Waals surface area (Å²) in [4.78, 5) is 30.8. The molecular weight excluding hydrogens is 518 g/mol. The molecule has 0 saturated carbocycles. The number of ether oxygens (including phenoxy) is 2. The van der Waals surface area contributed by atoms with Crippen LogP contribution in [-0.2, 0) is 4.74 Å². The van der Waals surface area contributed by atoms with Gasteiger partial charge in [0.2, 0.25) is 0 Å². The fraction of sp³-hybridized carbons (Fsp3) is 0.375. The van der Waals surface area contributed by atoms with Crippen LogP contribution in [0.25, 0.3) is 0 Å². The predicted octanol–water partition coefficient (Wildman–Crippen LogP) is 5.44. The van der Waals surface area contributed by atoms with Crippen LogP contribution >= 0.6 is 0 Å². The Hall–Kier alpha value is -4.24. The first-order valence-electron chi connectivity index (χ1n) is 14.2. The third-order valence-corrected chi connectivity index (χ3v) is 7.22. The van der Waals surface area contributed by atoms with E-state index in [0.29, 0.717) is 31.0 Å². The summed E-state index contributed by atoms with van der Waals surface area (Å²) >= 11 is 0. The number of para-hydroxylation sites is 3. The zero-order chi connectivity index (χ0) is 29.2. The van der Waals surface area contributed by atoms with Gasteiger partial charge < -0.3 is 35.2 Å². The number of amides is 3. The third-order valence-electron chi connectivity index (χ3n) is 7.22. The number of rotatable bonds is 11. The zero-order valence-electron chi connectivity index (χ0n) is 24.5. The molecule has 1 aliphatic heterocycles. The SMILES string of the molecule is CCOCCCNC(=O)c1cc(NC(=O)Nc2c(C)cccc2C)ccc1N1CCN(c2ccccc2OC)CC1. The molecule has 0 unspecified atom stereocenters. The Morgan fingerprint density at radius 1 is 0.854 bits per heavy atom. The number of hydrogen-bond acceptors (Lipinski definition) is 6. The van der Waals surface area contributed by atoms with Crippen molar-refractivity contribution in [2.45, 2.75) is 27.2 Å². The van der Waals surface area contributed by atoms with Crippen LogP contribution in [0.1, 0.15) is 34.8 Å². The van der Waals surface area contributed by atoms with E-state index in [1.165, 1.54) is 0 Å². The quantitative estimate of drug-likeness (QED) is 0.271. The van der Waals surface area contributed by atoms with Gasteiger partial charge in [-0.3, -0.25) is 4.79 Å². The largest absolute Gasteiger partial charge is 0.495 e. The molecular formula is C32H41N5O4. The number of aryl methyl sites for hydroxylation is 2. The molecule has 3 N–H and O–H groups in total. The van der Waals surface area contributed by atoms with Crippen LogP contribution in [0.3, 0.4) is 0 Å². The molecule has 1 aliphatic rings. The summed E-state index contributed by atoms with van der Waals surface area (Å²) in [6.45, 7) is 10.7. The van der Waals surface area contributed by atoms with Gasteiger partial charge >= 0.3 is 6.03 Å². The minimum atomic E-state index is -0.358. The summed E-state index contributed by atoms with van der Waals surface area (Å²) in [5.41, 5.74) is 5.72. The van der Waals surface area contributed by atoms with Gasteiger partial charge in [0.05, 0.1) is 18.4 Å². The lowest BCUT2D eigenvalue weighted by molar-refractivity contribution is 0.0944. The average molecular weight is 560 g/mol. The molecule has 9 nitrogen and oxygen atoms in total. The molecule has 1 fully saturated rings. The molecule has 0 bridgehead atoms. The van der Waals surface area contributed by atoms with E-state index in [1.54, 1.807) is 13.2 Å². The molecule has 3 aromatic carbocycles. The molecule has 0 spiro atoms. The number of carbonyl (C=O) groups is 2. The second kappa shape index (κ2) is 14.4. The van der Waals surface area contributed by atoms with E-state index in [9.17, 15) is 9.59 Å². The summed E-state index contributed by atoms with van der Waals surface area (Å²) in [6.07, 6.45) is 0.725. The van der Waals surface area contributed by atoms with Gasteiger partial charge in [-0.1, -0.05) is 30.3 Å². The second-order valence-corrected chi connectivity index (χ2v) is 10.0. The van der Waals surface area contributed by atoms with Crippen molar-refractivity contribution >= 4 is 34.7 Å². The molecule has 3 aromatic rings. The van der Waals surface area contributed by atoms with Crippen LogP contribution in [0.4, 0.5) is 27.5 Å². The highest BCUT2D eigenvalue weighted by Gasteiger charge is 2.24. The first-order valence-corrected chi connectivity index (χ1v) is 14.2. The Bertz CT molecular complexity index is 1320. The summed E-state index contributed by atoms with van der Waals surface area (Å²) in [5, 5.41) is 8.87. The van der Waals surface area contributed by atoms with Crippen molar-refractivity contribution in [3.8, 4) is 5.75 Å². The first-order chi connectivity index (χ1) is 19.9. The number of methoxy groups -OCH3 is 1. The number of piperazine rings is 1. The highest BCUT2D eigenvalue weighted by Crippen LogP contribution is 2.31. The van der Waals surface area contributed by atoms with E-state index < -0.39 is 0 Å². The van der Waals surface area contributed by atoms with Gasteiger partial charge in [-0.05, 0) is 68.7 Å². The van der Waals surface area contributed by atoms with Crippen molar-refractivity contribution in [1.29, 1.82) is 0 Å². The number of nitrogens with zero attached hydrogens (tertiary/aromatic N) is 2. The Balaban J connectivity index is 1.50. The van der Waals surface area contributed by atoms with E-state index in [-0.39, 0.29) is 11.9 Å². The predicted molar refractivity (Wildman–Crippen MR) is 166 cm³/mol. The monoisotopic (exact) mass is 559 g/mol. The number of anilines is 4. The Morgan fingerprint density at radius 2 is 1.54 bits per heavy atom. The molecule has 0 atom stereocenters. The van der Waals surface area contributed by atoms with Crippen LogP contribution in [0.2, 0.25) is 0 Å². The fourth-order valence-corrected chi connectivity index (χ4v) is 5.05. The van der Waals surface area contributed by atoms with Gasteiger partial charge in [0, 0.05) is 63.0 Å². The van der Waals surface area contributed by atoms with E-state index in [2.05, 4.69) is 31.8 Å². The maximum Gasteiger partial charge on any atom is 0.323 e. The summed E-state index contributed by atoms with van der Waals surface area (Å²) in [5.74, 6) is 0.671. The van der Waals surface area contributed by atoms with Crippen LogP contribution in [0, 0.1) is 13.8 Å². The van der Waals surface area contributed by atoms with Crippen molar-refractivity contribution < 1.29 is 19.1 Å². The standard InChI is InChI=1S/C32H41N5O4/c1-5-41-21-9-16-33-31(38)26-22-25(34-32(39)35-30-23(2)10-8-11-24(30)3)14-15-27(26)36-17-19-37(20-18-36)28-12-6-7-13-29(28)40-4/h6-8,10-15,22H,5,9,16-21H2,1-4H3,(H,33,38)(H2,34,35,39). The number of carbonyl (C=O) groups excluding carboxylic acids is 2. The van der Waals surface area contributed by atoms with Gasteiger partial charge in [0.1, 0.15) is 5.75 Å². The van der Waals surface area contributed by atoms with Crippen molar-refractivity contribution in [1.82, 2.24) is 5.32 Å². The topological polar surface area (TPSA) is 95.2 Å². The van der Waals surface area contributed by atoms with Crippen molar-refractivity contribution in [3.63, 3.8) is 0 Å². The van der Waals surface area contributed by atoms with Crippen LogP contribution in [0.5, 0.6) is 5.75 Å². The lowest BCUT2D eigenvalue weighted by Gasteiger charge is -2.38. The average Bonchev–Trinajstić information content (AvgIpc) is 2.99. The van der Waals surface area contributed by atoms with Gasteiger partial charge in [0.15, 0.2) is 0 Å². The molecule has 218 valence electrons. The van der Waals surface area contributed by atoms with Crippen LogP contribution in [-0.4, -0.2) is 65.0 Å². The van der Waals surface area contributed by atoms with Crippen LogP contribution < -0.4 is 30.5 Å². The zero-order valence-corrected chi connectivity index (χ0v) is 24.5. The van der Waals surface area contributed by atoms with E-state index >= 15 is 0 Å². The summed E-state index contributed by atoms with van der Waals surface area (Å²) < 4.78 is 11.0. The van der Waals surface area contributed by atoms with Crippen molar-refractivity contribution in [2.24, 2.45) is 0 Å². The van der Waals surface area contributed by atoms with E-state index in [1.807, 2.05) is 69.3 Å². The van der Waals surface area contributed by atoms with Gasteiger partial charge in [0.25, 0.3) is 5.91 Å². The maximum absolute atomic E-state index is 13.4. The van der Waals surface area contributed by atoms with Crippen molar-refractivity contribution in [3.05, 3.63) is 77.4 Å². The number of nitrogens with one attached hydrogen (secondary N) is 3. The summed E-state index contributed by atoms with van der Waals surface area (Å²) in [6, 6.07) is 19.1. The highest BCUT2D eigenvalue weighted by molar-refractivity contribution is 6.04. The summed E-state index contributed by atoms with van der Waals surface area (Å²) in [7, 11) is 1.69.